The Morgan fingerprint density at radius 1 is 0.373 bits per heavy atom. The zero-order chi connectivity index (χ0) is 33.8. The van der Waals surface area contributed by atoms with Crippen LogP contribution in [0.2, 0.25) is 0 Å². The van der Waals surface area contributed by atoms with Gasteiger partial charge in [0.15, 0.2) is 0 Å². The lowest BCUT2D eigenvalue weighted by Crippen LogP contribution is -2.65. The molecule has 0 bridgehead atoms. The molecule has 4 aliphatic rings. The minimum Gasteiger partial charge on any atom is -0.310 e. The molecule has 0 amide bonds. The Morgan fingerprint density at radius 3 is 1.37 bits per heavy atom. The molecule has 0 spiro atoms. The minimum atomic E-state index is 0.240. The number of nitrogens with zero attached hydrogens (tertiary/aromatic N) is 1. The number of para-hydroxylation sites is 2. The van der Waals surface area contributed by atoms with Gasteiger partial charge in [0.1, 0.15) is 0 Å². The maximum absolute atomic E-state index is 2.66. The summed E-state index contributed by atoms with van der Waals surface area (Å²) in [5.41, 5.74) is 27.3. The van der Waals surface area contributed by atoms with Gasteiger partial charge in [0.25, 0.3) is 0 Å². The molecule has 11 rings (SSSR count). The molecular formula is C48H37B2N. The average molecular weight is 649 g/mol. The number of aryl methyl sites for hydroxylation is 2. The first-order valence-corrected chi connectivity index (χ1v) is 18.6. The Balaban J connectivity index is 1.13. The molecule has 0 atom stereocenters. The SMILES string of the molecule is Cc1ccccc1N(c1cc2c3c(c1)Cc1cc4c(cc1B3c1ccccc1C2)B1c2ccccc2Cc2cccc(c21)C4)c1ccccc1C. The third-order valence-corrected chi connectivity index (χ3v) is 12.4. The fourth-order valence-electron chi connectivity index (χ4n) is 10.2. The second-order valence-corrected chi connectivity index (χ2v) is 15.3. The van der Waals surface area contributed by atoms with E-state index in [2.05, 4.69) is 158 Å². The average Bonchev–Trinajstić information content (AvgIpc) is 3.15. The lowest BCUT2D eigenvalue weighted by molar-refractivity contribution is 1.11. The molecule has 0 N–H and O–H groups in total. The smallest absolute Gasteiger partial charge is 0.242 e. The summed E-state index contributed by atoms with van der Waals surface area (Å²) in [4.78, 5) is 2.51. The molecule has 7 aromatic rings. The van der Waals surface area contributed by atoms with Gasteiger partial charge in [-0.2, -0.15) is 0 Å². The molecule has 4 aliphatic heterocycles. The van der Waals surface area contributed by atoms with E-state index in [1.165, 1.54) is 94.5 Å². The third kappa shape index (κ3) is 4.31. The van der Waals surface area contributed by atoms with Crippen molar-refractivity contribution in [3.63, 3.8) is 0 Å². The summed E-state index contributed by atoms with van der Waals surface area (Å²) in [7, 11) is 0. The van der Waals surface area contributed by atoms with Crippen molar-refractivity contribution in [1.29, 1.82) is 0 Å². The van der Waals surface area contributed by atoms with Gasteiger partial charge in [-0.15, -0.1) is 0 Å². The van der Waals surface area contributed by atoms with E-state index in [-0.39, 0.29) is 6.71 Å². The Hall–Kier alpha value is -5.53. The van der Waals surface area contributed by atoms with E-state index in [1.807, 2.05) is 0 Å². The number of hydrogen-bond acceptors (Lipinski definition) is 1. The van der Waals surface area contributed by atoms with Gasteiger partial charge in [0.2, 0.25) is 13.4 Å². The molecule has 240 valence electrons. The van der Waals surface area contributed by atoms with E-state index in [0.29, 0.717) is 6.71 Å². The maximum Gasteiger partial charge on any atom is 0.242 e. The van der Waals surface area contributed by atoms with Crippen molar-refractivity contribution in [1.82, 2.24) is 0 Å². The number of anilines is 3. The second kappa shape index (κ2) is 11.0. The van der Waals surface area contributed by atoms with Gasteiger partial charge in [0, 0.05) is 17.1 Å². The molecule has 7 aromatic carbocycles. The van der Waals surface area contributed by atoms with Crippen molar-refractivity contribution in [3.8, 4) is 0 Å². The van der Waals surface area contributed by atoms with E-state index in [4.69, 9.17) is 0 Å². The van der Waals surface area contributed by atoms with Gasteiger partial charge in [-0.05, 0) is 119 Å². The van der Waals surface area contributed by atoms with E-state index in [9.17, 15) is 0 Å². The molecule has 4 heterocycles. The minimum absolute atomic E-state index is 0.240. The van der Waals surface area contributed by atoms with Crippen LogP contribution in [0.5, 0.6) is 0 Å². The van der Waals surface area contributed by atoms with Gasteiger partial charge in [0.05, 0.1) is 0 Å². The van der Waals surface area contributed by atoms with Gasteiger partial charge in [-0.1, -0.05) is 148 Å². The fourth-order valence-corrected chi connectivity index (χ4v) is 10.2. The first kappa shape index (κ1) is 29.2. The van der Waals surface area contributed by atoms with Crippen LogP contribution in [0, 0.1) is 13.8 Å². The Labute approximate surface area is 301 Å². The fraction of sp³-hybridized carbons (Fsp3) is 0.125. The first-order chi connectivity index (χ1) is 25.1. The Bertz CT molecular complexity index is 2550. The van der Waals surface area contributed by atoms with E-state index < -0.39 is 0 Å². The van der Waals surface area contributed by atoms with E-state index >= 15 is 0 Å². The molecule has 0 aliphatic carbocycles. The molecule has 1 nitrogen and oxygen atoms in total. The van der Waals surface area contributed by atoms with Crippen molar-refractivity contribution in [2.45, 2.75) is 39.5 Å². The van der Waals surface area contributed by atoms with Gasteiger partial charge < -0.3 is 4.90 Å². The zero-order valence-corrected chi connectivity index (χ0v) is 29.2. The highest BCUT2D eigenvalue weighted by atomic mass is 15.1. The van der Waals surface area contributed by atoms with Crippen LogP contribution in [0.4, 0.5) is 17.1 Å². The molecule has 0 fully saturated rings. The highest BCUT2D eigenvalue weighted by Crippen LogP contribution is 2.40. The summed E-state index contributed by atoms with van der Waals surface area (Å²) in [6.07, 6.45) is 3.97. The van der Waals surface area contributed by atoms with Crippen LogP contribution in [0.3, 0.4) is 0 Å². The molecule has 0 radical (unpaired) electrons. The van der Waals surface area contributed by atoms with Crippen LogP contribution in [0.15, 0.2) is 140 Å². The highest BCUT2D eigenvalue weighted by molar-refractivity contribution is 7.00. The van der Waals surface area contributed by atoms with Crippen molar-refractivity contribution in [3.05, 3.63) is 195 Å². The predicted octanol–water partition coefficient (Wildman–Crippen LogP) is 6.42. The predicted molar refractivity (Wildman–Crippen MR) is 217 cm³/mol. The van der Waals surface area contributed by atoms with Crippen molar-refractivity contribution in [2.75, 3.05) is 4.90 Å². The second-order valence-electron chi connectivity index (χ2n) is 15.3. The highest BCUT2D eigenvalue weighted by Gasteiger charge is 2.41. The number of rotatable bonds is 3. The quantitative estimate of drug-likeness (QED) is 0.200. The van der Waals surface area contributed by atoms with Crippen molar-refractivity contribution < 1.29 is 0 Å². The summed E-state index contributed by atoms with van der Waals surface area (Å²) < 4.78 is 0. The van der Waals surface area contributed by atoms with E-state index in [1.54, 1.807) is 10.9 Å². The zero-order valence-electron chi connectivity index (χ0n) is 29.2. The summed E-state index contributed by atoms with van der Waals surface area (Å²) in [6.45, 7) is 5.01. The van der Waals surface area contributed by atoms with Crippen LogP contribution in [0.25, 0.3) is 0 Å². The molecule has 3 heteroatoms. The lowest BCUT2D eigenvalue weighted by Gasteiger charge is -2.39. The molecule has 0 saturated heterocycles. The lowest BCUT2D eigenvalue weighted by atomic mass is 9.27. The molecule has 0 aromatic heterocycles. The van der Waals surface area contributed by atoms with E-state index in [0.717, 1.165) is 25.7 Å². The largest absolute Gasteiger partial charge is 0.310 e. The number of hydrogen-bond donors (Lipinski definition) is 0. The number of fused-ring (bicyclic) bond motifs is 8. The van der Waals surface area contributed by atoms with Crippen LogP contribution in [-0.4, -0.2) is 13.4 Å². The molecule has 0 saturated carbocycles. The summed E-state index contributed by atoms with van der Waals surface area (Å²) in [5.74, 6) is 0. The number of benzene rings is 7. The van der Waals surface area contributed by atoms with Crippen LogP contribution >= 0.6 is 0 Å². The van der Waals surface area contributed by atoms with Crippen molar-refractivity contribution in [2.24, 2.45) is 0 Å². The molecular weight excluding hydrogens is 612 g/mol. The maximum atomic E-state index is 2.66. The van der Waals surface area contributed by atoms with Gasteiger partial charge in [-0.25, -0.2) is 0 Å². The Kier molecular flexibility index (Phi) is 6.29. The van der Waals surface area contributed by atoms with Crippen LogP contribution in [0.1, 0.15) is 55.6 Å². The normalized spacial score (nSPS) is 14.1. The van der Waals surface area contributed by atoms with Crippen molar-refractivity contribution >= 4 is 63.3 Å². The topological polar surface area (TPSA) is 3.24 Å². The standard InChI is InChI=1S/C48H37B2N/c1-30-12-3-9-20-45(30)51(46-21-10-4-13-31(46)2)40-27-38-23-33-15-6-8-19-42(33)50-44-29-43-36(25-37(44)26-39(28-40)48(38)50)24-35-17-11-16-34-22-32-14-5-7-18-41(32)49(43)47(34)35/h3-21,25,27-29H,22-24,26H2,1-2H3. The van der Waals surface area contributed by atoms with Gasteiger partial charge >= 0.3 is 0 Å². The Morgan fingerprint density at radius 2 is 0.804 bits per heavy atom. The van der Waals surface area contributed by atoms with Gasteiger partial charge in [-0.3, -0.25) is 0 Å². The first-order valence-electron chi connectivity index (χ1n) is 18.6. The summed E-state index contributed by atoms with van der Waals surface area (Å²) in [5, 5.41) is 0. The molecule has 0 unspecified atom stereocenters. The molecule has 51 heavy (non-hydrogen) atoms. The summed E-state index contributed by atoms with van der Waals surface area (Å²) in [6, 6.07) is 53.5. The van der Waals surface area contributed by atoms with Crippen LogP contribution < -0.4 is 37.7 Å². The monoisotopic (exact) mass is 649 g/mol. The summed E-state index contributed by atoms with van der Waals surface area (Å²) >= 11 is 0. The third-order valence-electron chi connectivity index (χ3n) is 12.4. The van der Waals surface area contributed by atoms with Crippen LogP contribution in [-0.2, 0) is 25.7 Å².